The van der Waals surface area contributed by atoms with E-state index >= 15 is 0 Å². The van der Waals surface area contributed by atoms with Gasteiger partial charge < -0.3 is 16.5 Å². The molecule has 0 aliphatic carbocycles. The Morgan fingerprint density at radius 3 is 2.52 bits per heavy atom. The molecule has 0 saturated carbocycles. The minimum Gasteiger partial charge on any atom is -0.398 e. The first-order valence-corrected chi connectivity index (χ1v) is 9.30. The molecule has 0 aliphatic rings. The molecule has 0 radical (unpaired) electrons. The maximum absolute atomic E-state index is 12.5. The summed E-state index contributed by atoms with van der Waals surface area (Å²) in [5, 5.41) is 20.4. The van der Waals surface area contributed by atoms with Crippen LogP contribution in [0.15, 0.2) is 42.5 Å². The van der Waals surface area contributed by atoms with Gasteiger partial charge in [0.25, 0.3) is 5.91 Å². The fraction of sp³-hybridized carbons (Fsp3) is 0.318. The maximum atomic E-state index is 12.5. The first-order valence-electron chi connectivity index (χ1n) is 9.30. The number of amides is 1. The van der Waals surface area contributed by atoms with Crippen molar-refractivity contribution in [3.05, 3.63) is 59.2 Å². The van der Waals surface area contributed by atoms with Gasteiger partial charge in [-0.2, -0.15) is 5.26 Å². The summed E-state index contributed by atoms with van der Waals surface area (Å²) < 4.78 is 0. The van der Waals surface area contributed by atoms with Crippen molar-refractivity contribution >= 4 is 23.0 Å². The van der Waals surface area contributed by atoms with Crippen molar-refractivity contribution in [1.29, 1.82) is 10.7 Å². The Bertz CT molecular complexity index is 861. The predicted molar refractivity (Wildman–Crippen MR) is 110 cm³/mol. The molecule has 0 fully saturated rings. The number of nitrogens with zero attached hydrogens (tertiary/aromatic N) is 1. The van der Waals surface area contributed by atoms with E-state index in [0.717, 1.165) is 25.7 Å². The van der Waals surface area contributed by atoms with Gasteiger partial charge in [-0.1, -0.05) is 32.8 Å². The third-order valence-electron chi connectivity index (χ3n) is 4.54. The van der Waals surface area contributed by atoms with Gasteiger partial charge in [-0.25, -0.2) is 0 Å². The molecular formula is C22H26N4O. The summed E-state index contributed by atoms with van der Waals surface area (Å²) in [4.78, 5) is 12.5. The summed E-state index contributed by atoms with van der Waals surface area (Å²) in [6.45, 7) is 4.23. The average Bonchev–Trinajstić information content (AvgIpc) is 2.68. The molecule has 0 aromatic heterocycles. The van der Waals surface area contributed by atoms with Crippen molar-refractivity contribution in [3.63, 3.8) is 0 Å². The van der Waals surface area contributed by atoms with Crippen LogP contribution in [0.5, 0.6) is 0 Å². The van der Waals surface area contributed by atoms with Gasteiger partial charge >= 0.3 is 0 Å². The lowest BCUT2D eigenvalue weighted by Gasteiger charge is -2.19. The van der Waals surface area contributed by atoms with E-state index in [1.54, 1.807) is 42.5 Å². The number of nitrogen functional groups attached to an aromatic ring is 1. The number of carbonyl (C=O) groups is 1. The molecule has 2 aromatic carbocycles. The number of nitrogens with one attached hydrogen (secondary N) is 2. The Morgan fingerprint density at radius 1 is 1.19 bits per heavy atom. The van der Waals surface area contributed by atoms with Crippen molar-refractivity contribution in [2.24, 2.45) is 5.92 Å². The Labute approximate surface area is 160 Å². The maximum Gasteiger partial charge on any atom is 0.255 e. The van der Waals surface area contributed by atoms with E-state index < -0.39 is 0 Å². The highest BCUT2D eigenvalue weighted by molar-refractivity contribution is 6.08. The number of rotatable bonds is 8. The van der Waals surface area contributed by atoms with E-state index in [1.807, 2.05) is 6.07 Å². The molecular weight excluding hydrogens is 336 g/mol. The van der Waals surface area contributed by atoms with Gasteiger partial charge in [-0.3, -0.25) is 4.79 Å². The number of hydrogen-bond acceptors (Lipinski definition) is 4. The minimum atomic E-state index is -0.298. The number of carbonyl (C=O) groups excluding carboxylic acids is 1. The molecule has 5 nitrogen and oxygen atoms in total. The first kappa shape index (κ1) is 20.2. The summed E-state index contributed by atoms with van der Waals surface area (Å²) in [7, 11) is 0. The number of benzene rings is 2. The fourth-order valence-electron chi connectivity index (χ4n) is 3.15. The molecule has 0 aliphatic heterocycles. The molecule has 140 valence electrons. The van der Waals surface area contributed by atoms with Crippen LogP contribution in [0.1, 0.15) is 61.0 Å². The lowest BCUT2D eigenvalue weighted by Crippen LogP contribution is -2.18. The largest absolute Gasteiger partial charge is 0.398 e. The summed E-state index contributed by atoms with van der Waals surface area (Å²) in [5.41, 5.74) is 9.29. The first-order chi connectivity index (χ1) is 13.0. The lowest BCUT2D eigenvalue weighted by molar-refractivity contribution is 0.102. The van der Waals surface area contributed by atoms with E-state index in [1.165, 1.54) is 0 Å². The van der Waals surface area contributed by atoms with Crippen LogP contribution in [-0.2, 0) is 0 Å². The normalized spacial score (nSPS) is 10.4. The molecule has 1 amide bonds. The average molecular weight is 362 g/mol. The van der Waals surface area contributed by atoms with Crippen molar-refractivity contribution in [1.82, 2.24) is 0 Å². The Balaban J connectivity index is 2.24. The third-order valence-corrected chi connectivity index (χ3v) is 4.54. The van der Waals surface area contributed by atoms with Crippen LogP contribution in [0.25, 0.3) is 0 Å². The quantitative estimate of drug-likeness (QED) is 0.456. The number of nitriles is 1. The van der Waals surface area contributed by atoms with Gasteiger partial charge in [0, 0.05) is 34.1 Å². The van der Waals surface area contributed by atoms with Crippen LogP contribution in [-0.4, -0.2) is 11.6 Å². The van der Waals surface area contributed by atoms with Crippen molar-refractivity contribution < 1.29 is 4.79 Å². The summed E-state index contributed by atoms with van der Waals surface area (Å²) >= 11 is 0. The molecule has 0 bridgehead atoms. The van der Waals surface area contributed by atoms with E-state index in [2.05, 4.69) is 19.2 Å². The molecule has 0 spiro atoms. The van der Waals surface area contributed by atoms with Crippen LogP contribution >= 0.6 is 0 Å². The number of nitrogens with two attached hydrogens (primary N) is 1. The molecule has 2 aromatic rings. The van der Waals surface area contributed by atoms with Gasteiger partial charge in [0.05, 0.1) is 11.6 Å². The van der Waals surface area contributed by atoms with Crippen molar-refractivity contribution in [2.45, 2.75) is 39.5 Å². The molecule has 5 heteroatoms. The Morgan fingerprint density at radius 2 is 1.89 bits per heavy atom. The van der Waals surface area contributed by atoms with Crippen LogP contribution in [0.3, 0.4) is 0 Å². The van der Waals surface area contributed by atoms with E-state index in [9.17, 15) is 4.79 Å². The molecule has 0 saturated heterocycles. The second kappa shape index (κ2) is 9.54. The van der Waals surface area contributed by atoms with Crippen molar-refractivity contribution in [3.8, 4) is 6.07 Å². The van der Waals surface area contributed by atoms with Crippen LogP contribution in [0.4, 0.5) is 11.4 Å². The third kappa shape index (κ3) is 5.18. The highest BCUT2D eigenvalue weighted by Crippen LogP contribution is 2.26. The smallest absolute Gasteiger partial charge is 0.255 e. The fourth-order valence-corrected chi connectivity index (χ4v) is 3.15. The van der Waals surface area contributed by atoms with Gasteiger partial charge in [-0.05, 0) is 49.2 Å². The monoisotopic (exact) mass is 362 g/mol. The van der Waals surface area contributed by atoms with Gasteiger partial charge in [-0.15, -0.1) is 0 Å². The minimum absolute atomic E-state index is 0.167. The van der Waals surface area contributed by atoms with Gasteiger partial charge in [0.1, 0.15) is 0 Å². The van der Waals surface area contributed by atoms with Crippen LogP contribution in [0.2, 0.25) is 0 Å². The van der Waals surface area contributed by atoms with Crippen LogP contribution < -0.4 is 11.1 Å². The molecule has 27 heavy (non-hydrogen) atoms. The second-order valence-corrected chi connectivity index (χ2v) is 6.64. The van der Waals surface area contributed by atoms with Crippen molar-refractivity contribution in [2.75, 3.05) is 11.1 Å². The molecule has 0 unspecified atom stereocenters. The lowest BCUT2D eigenvalue weighted by atomic mass is 9.88. The number of hydrogen-bond donors (Lipinski definition) is 3. The Kier molecular flexibility index (Phi) is 7.13. The van der Waals surface area contributed by atoms with E-state index in [4.69, 9.17) is 16.4 Å². The SMILES string of the molecule is CCCC(CCC)C(=N)c1cc(NC(=O)c2cccc(C#N)c2)ccc1N. The highest BCUT2D eigenvalue weighted by Gasteiger charge is 2.18. The van der Waals surface area contributed by atoms with Gasteiger partial charge in [0.15, 0.2) is 0 Å². The predicted octanol–water partition coefficient (Wildman–Crippen LogP) is 4.98. The summed E-state index contributed by atoms with van der Waals surface area (Å²) in [6, 6.07) is 13.8. The van der Waals surface area contributed by atoms with Gasteiger partial charge in [0.2, 0.25) is 0 Å². The van der Waals surface area contributed by atoms with E-state index in [0.29, 0.717) is 33.8 Å². The standard InChI is InChI=1S/C22H26N4O/c1-3-6-16(7-4-2)21(25)19-13-18(10-11-20(19)24)26-22(27)17-9-5-8-15(12-17)14-23/h5,8-13,16,25H,3-4,6-7,24H2,1-2H3,(H,26,27). The summed E-state index contributed by atoms with van der Waals surface area (Å²) in [5.74, 6) is -0.131. The van der Waals surface area contributed by atoms with Crippen LogP contribution in [0, 0.1) is 22.7 Å². The molecule has 0 heterocycles. The zero-order valence-corrected chi connectivity index (χ0v) is 15.9. The molecule has 4 N–H and O–H groups in total. The zero-order chi connectivity index (χ0) is 19.8. The topological polar surface area (TPSA) is 103 Å². The molecule has 2 rings (SSSR count). The van der Waals surface area contributed by atoms with E-state index in [-0.39, 0.29) is 11.8 Å². The second-order valence-electron chi connectivity index (χ2n) is 6.64. The Hall–Kier alpha value is -3.13. The molecule has 0 atom stereocenters. The number of anilines is 2. The highest BCUT2D eigenvalue weighted by atomic mass is 16.1. The zero-order valence-electron chi connectivity index (χ0n) is 15.9. The summed E-state index contributed by atoms with van der Waals surface area (Å²) in [6.07, 6.45) is 3.92.